The fraction of sp³-hybridized carbons (Fsp3) is 0.929. The van der Waals surface area contributed by atoms with Gasteiger partial charge in [0, 0.05) is 38.5 Å². The van der Waals surface area contributed by atoms with Crippen LogP contribution in [-0.4, -0.2) is 83.3 Å². The molecule has 2 N–H and O–H groups in total. The first kappa shape index (κ1) is 22.9. The predicted molar refractivity (Wildman–Crippen MR) is 106 cm³/mol. The second-order valence-corrected chi connectivity index (χ2v) is 7.89. The van der Waals surface area contributed by atoms with E-state index in [2.05, 4.69) is 27.4 Å². The number of halogens is 1. The van der Waals surface area contributed by atoms with Gasteiger partial charge in [-0.3, -0.25) is 9.89 Å². The molecule has 9 heteroatoms. The monoisotopic (exact) mass is 462 g/mol. The first-order chi connectivity index (χ1) is 10.4. The van der Waals surface area contributed by atoms with Gasteiger partial charge in [0.05, 0.1) is 25.5 Å². The Morgan fingerprint density at radius 3 is 2.52 bits per heavy atom. The van der Waals surface area contributed by atoms with Gasteiger partial charge in [-0.2, -0.15) is 0 Å². The number of ether oxygens (including phenoxy) is 1. The maximum Gasteiger partial charge on any atom is 0.191 e. The first-order valence-corrected chi connectivity index (χ1v) is 10.00. The van der Waals surface area contributed by atoms with Gasteiger partial charge < -0.3 is 15.4 Å². The average molecular weight is 462 g/mol. The van der Waals surface area contributed by atoms with Crippen molar-refractivity contribution in [2.24, 2.45) is 4.99 Å². The molecular formula is C14H31IN4O3S. The van der Waals surface area contributed by atoms with Crippen molar-refractivity contribution in [2.45, 2.75) is 26.3 Å². The van der Waals surface area contributed by atoms with Crippen LogP contribution >= 0.6 is 24.0 Å². The molecule has 23 heavy (non-hydrogen) atoms. The summed E-state index contributed by atoms with van der Waals surface area (Å²) in [6, 6.07) is 0.371. The van der Waals surface area contributed by atoms with E-state index in [1.807, 2.05) is 6.92 Å². The number of nitrogens with zero attached hydrogens (tertiary/aromatic N) is 2. The van der Waals surface area contributed by atoms with Crippen molar-refractivity contribution in [3.05, 3.63) is 0 Å². The Kier molecular flexibility index (Phi) is 12.2. The van der Waals surface area contributed by atoms with E-state index in [-0.39, 0.29) is 29.7 Å². The van der Waals surface area contributed by atoms with Crippen molar-refractivity contribution in [1.29, 1.82) is 0 Å². The molecule has 0 aromatic carbocycles. The van der Waals surface area contributed by atoms with Gasteiger partial charge in [0.1, 0.15) is 9.84 Å². The summed E-state index contributed by atoms with van der Waals surface area (Å²) >= 11 is 0. The molecule has 0 saturated carbocycles. The Morgan fingerprint density at radius 1 is 1.30 bits per heavy atom. The lowest BCUT2D eigenvalue weighted by Gasteiger charge is -2.31. The zero-order valence-electron chi connectivity index (χ0n) is 14.4. The van der Waals surface area contributed by atoms with Crippen molar-refractivity contribution in [1.82, 2.24) is 15.5 Å². The Bertz CT molecular complexity index is 439. The smallest absolute Gasteiger partial charge is 0.191 e. The van der Waals surface area contributed by atoms with Crippen LogP contribution in [-0.2, 0) is 14.6 Å². The summed E-state index contributed by atoms with van der Waals surface area (Å²) in [4.78, 5) is 6.96. The van der Waals surface area contributed by atoms with E-state index >= 15 is 0 Å². The Balaban J connectivity index is 0.00000484. The highest BCUT2D eigenvalue weighted by Gasteiger charge is 2.16. The number of morpholine rings is 1. The lowest BCUT2D eigenvalue weighted by atomic mass is 10.2. The first-order valence-electron chi connectivity index (χ1n) is 7.94. The normalized spacial score (nSPS) is 18.1. The van der Waals surface area contributed by atoms with Crippen molar-refractivity contribution >= 4 is 39.8 Å². The molecular weight excluding hydrogens is 431 g/mol. The van der Waals surface area contributed by atoms with Gasteiger partial charge in [-0.1, -0.05) is 0 Å². The highest BCUT2D eigenvalue weighted by atomic mass is 127. The quantitative estimate of drug-likeness (QED) is 0.234. The number of rotatable bonds is 8. The van der Waals surface area contributed by atoms with Crippen LogP contribution in [0, 0.1) is 0 Å². The zero-order chi connectivity index (χ0) is 16.4. The summed E-state index contributed by atoms with van der Waals surface area (Å²) in [5.41, 5.74) is 0. The maximum atomic E-state index is 11.1. The lowest BCUT2D eigenvalue weighted by Crippen LogP contribution is -2.44. The zero-order valence-corrected chi connectivity index (χ0v) is 17.5. The number of hydrogen-bond donors (Lipinski definition) is 2. The van der Waals surface area contributed by atoms with E-state index in [0.717, 1.165) is 38.8 Å². The number of hydrogen-bond acceptors (Lipinski definition) is 5. The number of nitrogens with one attached hydrogen (secondary N) is 2. The predicted octanol–water partition coefficient (Wildman–Crippen LogP) is 0.315. The fourth-order valence-electron chi connectivity index (χ4n) is 2.24. The van der Waals surface area contributed by atoms with Crippen LogP contribution in [0.1, 0.15) is 20.3 Å². The average Bonchev–Trinajstić information content (AvgIpc) is 2.48. The third-order valence-electron chi connectivity index (χ3n) is 3.51. The molecule has 1 fully saturated rings. The van der Waals surface area contributed by atoms with E-state index in [4.69, 9.17) is 4.74 Å². The third kappa shape index (κ3) is 11.1. The van der Waals surface area contributed by atoms with Crippen molar-refractivity contribution in [3.8, 4) is 0 Å². The summed E-state index contributed by atoms with van der Waals surface area (Å²) in [6.07, 6.45) is 1.85. The number of guanidine groups is 1. The molecule has 1 aliphatic rings. The molecule has 0 bridgehead atoms. The minimum absolute atomic E-state index is 0. The molecule has 1 aliphatic heterocycles. The number of sulfone groups is 1. The SMILES string of the molecule is CCNC(=NCC(C)N1CCOCC1)NCCCS(C)(=O)=O.I. The van der Waals surface area contributed by atoms with Gasteiger partial charge >= 0.3 is 0 Å². The second-order valence-electron chi connectivity index (χ2n) is 5.63. The molecule has 0 amide bonds. The molecule has 1 saturated heterocycles. The minimum Gasteiger partial charge on any atom is -0.379 e. The van der Waals surface area contributed by atoms with E-state index in [9.17, 15) is 8.42 Å². The van der Waals surface area contributed by atoms with E-state index < -0.39 is 9.84 Å². The van der Waals surface area contributed by atoms with Crippen LogP contribution < -0.4 is 10.6 Å². The molecule has 138 valence electrons. The van der Waals surface area contributed by atoms with Gasteiger partial charge in [-0.25, -0.2) is 8.42 Å². The molecule has 0 aromatic rings. The van der Waals surface area contributed by atoms with Crippen molar-refractivity contribution in [2.75, 3.05) is 57.9 Å². The summed E-state index contributed by atoms with van der Waals surface area (Å²) in [7, 11) is -2.89. The standard InChI is InChI=1S/C14H30N4O3S.HI/c1-4-15-14(16-6-5-11-22(3,19)20)17-12-13(2)18-7-9-21-10-8-18;/h13H,4-12H2,1-3H3,(H2,15,16,17);1H. The lowest BCUT2D eigenvalue weighted by molar-refractivity contribution is 0.0220. The van der Waals surface area contributed by atoms with Gasteiger partial charge in [-0.05, 0) is 20.3 Å². The van der Waals surface area contributed by atoms with Crippen LogP contribution in [0.2, 0.25) is 0 Å². The summed E-state index contributed by atoms with van der Waals surface area (Å²) in [6.45, 7) is 9.76. The third-order valence-corrected chi connectivity index (χ3v) is 4.54. The molecule has 1 atom stereocenters. The Morgan fingerprint density at radius 2 is 1.96 bits per heavy atom. The topological polar surface area (TPSA) is 83.0 Å². The molecule has 1 unspecified atom stereocenters. The van der Waals surface area contributed by atoms with Gasteiger partial charge in [-0.15, -0.1) is 24.0 Å². The van der Waals surface area contributed by atoms with Gasteiger partial charge in [0.25, 0.3) is 0 Å². The van der Waals surface area contributed by atoms with E-state index in [1.165, 1.54) is 6.26 Å². The van der Waals surface area contributed by atoms with Crippen molar-refractivity contribution < 1.29 is 13.2 Å². The largest absolute Gasteiger partial charge is 0.379 e. The fourth-order valence-corrected chi connectivity index (χ4v) is 2.91. The van der Waals surface area contributed by atoms with Crippen LogP contribution in [0.3, 0.4) is 0 Å². The molecule has 0 radical (unpaired) electrons. The van der Waals surface area contributed by atoms with Crippen LogP contribution in [0.5, 0.6) is 0 Å². The molecule has 1 heterocycles. The maximum absolute atomic E-state index is 11.1. The highest BCUT2D eigenvalue weighted by molar-refractivity contribution is 14.0. The highest BCUT2D eigenvalue weighted by Crippen LogP contribution is 2.03. The molecule has 1 rings (SSSR count). The molecule has 0 spiro atoms. The summed E-state index contributed by atoms with van der Waals surface area (Å²) in [5.74, 6) is 0.944. The minimum atomic E-state index is -2.89. The van der Waals surface area contributed by atoms with E-state index in [1.54, 1.807) is 0 Å². The molecule has 0 aromatic heterocycles. The van der Waals surface area contributed by atoms with E-state index in [0.29, 0.717) is 25.6 Å². The van der Waals surface area contributed by atoms with Gasteiger partial charge in [0.15, 0.2) is 5.96 Å². The van der Waals surface area contributed by atoms with Crippen molar-refractivity contribution in [3.63, 3.8) is 0 Å². The van der Waals surface area contributed by atoms with Crippen LogP contribution in [0.25, 0.3) is 0 Å². The Hall–Kier alpha value is -0.130. The Labute approximate surface area is 157 Å². The molecule has 7 nitrogen and oxygen atoms in total. The molecule has 0 aliphatic carbocycles. The summed E-state index contributed by atoms with van der Waals surface area (Å²) in [5, 5.41) is 6.37. The van der Waals surface area contributed by atoms with Crippen LogP contribution in [0.15, 0.2) is 4.99 Å². The second kappa shape index (κ2) is 12.3. The summed E-state index contributed by atoms with van der Waals surface area (Å²) < 4.78 is 27.6. The van der Waals surface area contributed by atoms with Crippen LogP contribution in [0.4, 0.5) is 0 Å². The van der Waals surface area contributed by atoms with Gasteiger partial charge in [0.2, 0.25) is 0 Å². The number of aliphatic imine (C=N–C) groups is 1.